The van der Waals surface area contributed by atoms with Crippen molar-refractivity contribution >= 4 is 34.1 Å². The van der Waals surface area contributed by atoms with Crippen LogP contribution in [-0.4, -0.2) is 30.4 Å². The third kappa shape index (κ3) is 4.08. The second-order valence-corrected chi connectivity index (χ2v) is 9.19. The molecule has 0 aliphatic carbocycles. The molecule has 0 saturated heterocycles. The monoisotopic (exact) mass is 476 g/mol. The third-order valence-corrected chi connectivity index (χ3v) is 6.40. The second kappa shape index (κ2) is 8.89. The van der Waals surface area contributed by atoms with Gasteiger partial charge in [0.05, 0.1) is 4.88 Å². The average molecular weight is 477 g/mol. The van der Waals surface area contributed by atoms with Crippen molar-refractivity contribution in [2.75, 3.05) is 6.61 Å². The largest absolute Gasteiger partial charge is 0.425 e. The van der Waals surface area contributed by atoms with Gasteiger partial charge in [0, 0.05) is 25.2 Å². The van der Waals surface area contributed by atoms with Gasteiger partial charge in [0.15, 0.2) is 17.4 Å². The first-order chi connectivity index (χ1) is 15.3. The molecule has 3 heterocycles. The van der Waals surface area contributed by atoms with Crippen LogP contribution >= 0.6 is 22.9 Å². The topological polar surface area (TPSA) is 95.2 Å². The van der Waals surface area contributed by atoms with Crippen LogP contribution in [-0.2, 0) is 27.2 Å². The molecular formula is C21H23ClN5O4S+. The van der Waals surface area contributed by atoms with Crippen LogP contribution in [0.5, 0.6) is 11.8 Å². The highest BCUT2D eigenvalue weighted by Crippen LogP contribution is 2.27. The maximum absolute atomic E-state index is 13.4. The van der Waals surface area contributed by atoms with Crippen molar-refractivity contribution in [2.24, 2.45) is 14.1 Å². The van der Waals surface area contributed by atoms with Crippen molar-refractivity contribution in [1.29, 1.82) is 0 Å². The number of imidazole rings is 1. The number of aliphatic hydroxyl groups excluding tert-OH is 1. The van der Waals surface area contributed by atoms with Gasteiger partial charge in [-0.3, -0.25) is 18.5 Å². The van der Waals surface area contributed by atoms with Crippen LogP contribution in [0.2, 0.25) is 5.02 Å². The standard InChI is InChI=1S/C21H23ClN5O4S/c1-13-11-24(2)16(32-13)12-27-17-18(23-20(27)31-15-7-4-6-14(22)10-15)25(3)21(30)26(19(17)29)8-5-9-28/h4,6-7,10-11,28H,5,8-9,12H2,1-3H3/q+1. The predicted octanol–water partition coefficient (Wildman–Crippen LogP) is 1.97. The number of hydrogen-bond donors (Lipinski definition) is 1. The fourth-order valence-electron chi connectivity index (χ4n) is 3.55. The van der Waals surface area contributed by atoms with Crippen LogP contribution in [0.3, 0.4) is 0 Å². The Hall–Kier alpha value is -2.95. The molecule has 0 radical (unpaired) electrons. The van der Waals surface area contributed by atoms with Crippen molar-refractivity contribution in [3.63, 3.8) is 0 Å². The molecule has 0 aliphatic rings. The Kier molecular flexibility index (Phi) is 6.18. The third-order valence-electron chi connectivity index (χ3n) is 5.08. The summed E-state index contributed by atoms with van der Waals surface area (Å²) in [5.74, 6) is 0.464. The van der Waals surface area contributed by atoms with Crippen molar-refractivity contribution in [1.82, 2.24) is 18.7 Å². The van der Waals surface area contributed by atoms with Crippen molar-refractivity contribution in [3.8, 4) is 11.8 Å². The molecule has 0 saturated carbocycles. The fraction of sp³-hybridized carbons (Fsp3) is 0.333. The van der Waals surface area contributed by atoms with E-state index in [2.05, 4.69) is 4.98 Å². The van der Waals surface area contributed by atoms with Gasteiger partial charge in [-0.1, -0.05) is 29.0 Å². The molecule has 0 fully saturated rings. The summed E-state index contributed by atoms with van der Waals surface area (Å²) in [6.07, 6.45) is 2.30. The van der Waals surface area contributed by atoms with Gasteiger partial charge in [0.25, 0.3) is 10.6 Å². The van der Waals surface area contributed by atoms with E-state index < -0.39 is 11.2 Å². The SMILES string of the molecule is Cc1c[n+](C)c(Cn2c(Oc3cccc(Cl)c3)nc3c2c(=O)n(CCCO)c(=O)n3C)s1. The molecule has 0 unspecified atom stereocenters. The molecule has 4 aromatic rings. The maximum atomic E-state index is 13.4. The van der Waals surface area contributed by atoms with E-state index in [4.69, 9.17) is 16.3 Å². The minimum absolute atomic E-state index is 0.111. The van der Waals surface area contributed by atoms with Gasteiger partial charge in [-0.15, -0.1) is 0 Å². The number of rotatable bonds is 7. The molecule has 0 amide bonds. The second-order valence-electron chi connectivity index (χ2n) is 7.43. The number of hydrogen-bond acceptors (Lipinski definition) is 6. The quantitative estimate of drug-likeness (QED) is 0.411. The first-order valence-electron chi connectivity index (χ1n) is 9.99. The summed E-state index contributed by atoms with van der Waals surface area (Å²) in [6.45, 7) is 2.32. The molecule has 4 rings (SSSR count). The molecule has 0 atom stereocenters. The Morgan fingerprint density at radius 1 is 1.28 bits per heavy atom. The van der Waals surface area contributed by atoms with Crippen LogP contribution in [0.4, 0.5) is 0 Å². The van der Waals surface area contributed by atoms with E-state index in [1.54, 1.807) is 47.2 Å². The highest BCUT2D eigenvalue weighted by Gasteiger charge is 2.24. The Morgan fingerprint density at radius 2 is 2.06 bits per heavy atom. The van der Waals surface area contributed by atoms with Gasteiger partial charge in [-0.2, -0.15) is 9.55 Å². The highest BCUT2D eigenvalue weighted by atomic mass is 35.5. The van der Waals surface area contributed by atoms with E-state index in [-0.39, 0.29) is 30.3 Å². The Morgan fingerprint density at radius 3 is 2.72 bits per heavy atom. The van der Waals surface area contributed by atoms with E-state index in [0.717, 1.165) is 14.5 Å². The summed E-state index contributed by atoms with van der Waals surface area (Å²) in [7, 11) is 3.50. The summed E-state index contributed by atoms with van der Waals surface area (Å²) >= 11 is 7.69. The minimum Gasteiger partial charge on any atom is -0.425 e. The smallest absolute Gasteiger partial charge is 0.332 e. The maximum Gasteiger partial charge on any atom is 0.332 e. The number of fused-ring (bicyclic) bond motifs is 1. The number of halogens is 1. The zero-order valence-corrected chi connectivity index (χ0v) is 19.5. The zero-order valence-electron chi connectivity index (χ0n) is 17.9. The van der Waals surface area contributed by atoms with E-state index in [0.29, 0.717) is 23.7 Å². The molecular weight excluding hydrogens is 454 g/mol. The van der Waals surface area contributed by atoms with Crippen LogP contribution in [0.1, 0.15) is 16.3 Å². The summed E-state index contributed by atoms with van der Waals surface area (Å²) < 4.78 is 12.1. The number of thiazole rings is 1. The molecule has 0 bridgehead atoms. The Balaban J connectivity index is 1.96. The summed E-state index contributed by atoms with van der Waals surface area (Å²) in [4.78, 5) is 31.8. The van der Waals surface area contributed by atoms with Crippen LogP contribution in [0, 0.1) is 6.92 Å². The molecule has 0 aliphatic heterocycles. The number of aromatic nitrogens is 5. The molecule has 32 heavy (non-hydrogen) atoms. The lowest BCUT2D eigenvalue weighted by Crippen LogP contribution is -2.40. The van der Waals surface area contributed by atoms with Crippen molar-refractivity contribution in [3.05, 3.63) is 66.2 Å². The van der Waals surface area contributed by atoms with Gasteiger partial charge in [0.1, 0.15) is 19.3 Å². The fourth-order valence-corrected chi connectivity index (χ4v) is 4.70. The van der Waals surface area contributed by atoms with Crippen molar-refractivity contribution in [2.45, 2.75) is 26.4 Å². The lowest BCUT2D eigenvalue weighted by Gasteiger charge is -2.09. The summed E-state index contributed by atoms with van der Waals surface area (Å²) in [6, 6.07) is 7.06. The highest BCUT2D eigenvalue weighted by molar-refractivity contribution is 7.11. The van der Waals surface area contributed by atoms with Gasteiger partial charge >= 0.3 is 11.7 Å². The van der Waals surface area contributed by atoms with Gasteiger partial charge in [0.2, 0.25) is 0 Å². The average Bonchev–Trinajstić information content (AvgIpc) is 3.26. The van der Waals surface area contributed by atoms with E-state index in [1.807, 2.05) is 24.7 Å². The zero-order chi connectivity index (χ0) is 23.0. The lowest BCUT2D eigenvalue weighted by atomic mass is 10.3. The number of aryl methyl sites for hydroxylation is 3. The molecule has 3 aromatic heterocycles. The minimum atomic E-state index is -0.493. The van der Waals surface area contributed by atoms with E-state index in [9.17, 15) is 14.7 Å². The molecule has 168 valence electrons. The number of nitrogens with zero attached hydrogens (tertiary/aromatic N) is 5. The lowest BCUT2D eigenvalue weighted by molar-refractivity contribution is -0.674. The molecule has 0 spiro atoms. The van der Waals surface area contributed by atoms with Crippen LogP contribution < -0.4 is 20.6 Å². The van der Waals surface area contributed by atoms with Crippen LogP contribution in [0.15, 0.2) is 40.1 Å². The molecule has 9 nitrogen and oxygen atoms in total. The molecule has 11 heteroatoms. The Bertz CT molecular complexity index is 1420. The predicted molar refractivity (Wildman–Crippen MR) is 122 cm³/mol. The summed E-state index contributed by atoms with van der Waals surface area (Å²) in [5, 5.41) is 10.7. The Labute approximate surface area is 192 Å². The molecule has 1 N–H and O–H groups in total. The number of benzene rings is 1. The van der Waals surface area contributed by atoms with E-state index >= 15 is 0 Å². The number of aliphatic hydroxyl groups is 1. The first-order valence-corrected chi connectivity index (χ1v) is 11.2. The van der Waals surface area contributed by atoms with E-state index in [1.165, 1.54) is 4.57 Å². The van der Waals surface area contributed by atoms with Gasteiger partial charge in [-0.25, -0.2) is 4.79 Å². The van der Waals surface area contributed by atoms with Gasteiger partial charge in [-0.05, 0) is 31.5 Å². The van der Waals surface area contributed by atoms with Crippen molar-refractivity contribution < 1.29 is 14.4 Å². The van der Waals surface area contributed by atoms with Gasteiger partial charge < -0.3 is 9.84 Å². The first kappa shape index (κ1) is 22.3. The number of ether oxygens (including phenoxy) is 1. The summed E-state index contributed by atoms with van der Waals surface area (Å²) in [5.41, 5.74) is -0.477. The van der Waals surface area contributed by atoms with Crippen LogP contribution in [0.25, 0.3) is 11.2 Å². The normalized spacial score (nSPS) is 11.4. The molecule has 1 aromatic carbocycles.